The summed E-state index contributed by atoms with van der Waals surface area (Å²) in [5, 5.41) is 18.0. The molecule has 0 aromatic heterocycles. The van der Waals surface area contributed by atoms with E-state index in [0.29, 0.717) is 0 Å². The molecule has 1 fully saturated rings. The van der Waals surface area contributed by atoms with Gasteiger partial charge in [-0.3, -0.25) is 9.59 Å². The molecule has 1 aliphatic heterocycles. The fraction of sp³-hybridized carbons (Fsp3) is 0.143. The lowest BCUT2D eigenvalue weighted by Crippen LogP contribution is -2.28. The zero-order valence-electron chi connectivity index (χ0n) is 10.3. The second-order valence-electron chi connectivity index (χ2n) is 4.08. The fourth-order valence-electron chi connectivity index (χ4n) is 1.95. The largest absolute Gasteiger partial charge is 0.274 e. The van der Waals surface area contributed by atoms with Gasteiger partial charge in [-0.15, -0.1) is 0 Å². The number of rotatable bonds is 2. The van der Waals surface area contributed by atoms with Crippen LogP contribution in [0.15, 0.2) is 29.8 Å². The molecular formula is C14H8FN3O2. The predicted octanol–water partition coefficient (Wildman–Crippen LogP) is 1.73. The average molecular weight is 269 g/mol. The highest BCUT2D eigenvalue weighted by atomic mass is 19.1. The Balaban J connectivity index is 2.64. The lowest BCUT2D eigenvalue weighted by molar-refractivity contribution is -0.134. The van der Waals surface area contributed by atoms with Crippen LogP contribution < -0.4 is 0 Å². The monoisotopic (exact) mass is 269 g/mol. The van der Waals surface area contributed by atoms with Gasteiger partial charge in [-0.2, -0.15) is 10.5 Å². The van der Waals surface area contributed by atoms with Crippen molar-refractivity contribution in [2.24, 2.45) is 0 Å². The van der Waals surface area contributed by atoms with Gasteiger partial charge in [-0.25, -0.2) is 9.29 Å². The van der Waals surface area contributed by atoms with Gasteiger partial charge in [0, 0.05) is 18.4 Å². The van der Waals surface area contributed by atoms with Gasteiger partial charge in [-0.05, 0) is 24.3 Å². The number of halogens is 1. The van der Waals surface area contributed by atoms with Gasteiger partial charge >= 0.3 is 0 Å². The maximum Gasteiger partial charge on any atom is 0.234 e. The van der Waals surface area contributed by atoms with Crippen molar-refractivity contribution in [1.29, 1.82) is 10.5 Å². The summed E-state index contributed by atoms with van der Waals surface area (Å²) in [5.41, 5.74) is -0.171. The van der Waals surface area contributed by atoms with Crippen molar-refractivity contribution in [1.82, 2.24) is 4.90 Å². The first-order chi connectivity index (χ1) is 9.58. The summed E-state index contributed by atoms with van der Waals surface area (Å²) in [7, 11) is 0. The minimum atomic E-state index is -0.498. The highest BCUT2D eigenvalue weighted by molar-refractivity contribution is 6.10. The van der Waals surface area contributed by atoms with Crippen LogP contribution in [0, 0.1) is 28.5 Å². The normalized spacial score (nSPS) is 13.8. The molecule has 0 atom stereocenters. The molecule has 0 saturated carbocycles. The van der Waals surface area contributed by atoms with Gasteiger partial charge < -0.3 is 0 Å². The van der Waals surface area contributed by atoms with Crippen LogP contribution in [0.5, 0.6) is 0 Å². The zero-order chi connectivity index (χ0) is 14.7. The number of hydrogen-bond acceptors (Lipinski definition) is 4. The Morgan fingerprint density at radius 2 is 1.55 bits per heavy atom. The van der Waals surface area contributed by atoms with Crippen molar-refractivity contribution in [2.45, 2.75) is 12.8 Å². The molecule has 1 heterocycles. The van der Waals surface area contributed by atoms with Gasteiger partial charge in [0.25, 0.3) is 0 Å². The minimum absolute atomic E-state index is 0.0354. The predicted molar refractivity (Wildman–Crippen MR) is 65.6 cm³/mol. The van der Waals surface area contributed by atoms with E-state index in [-0.39, 0.29) is 29.7 Å². The summed E-state index contributed by atoms with van der Waals surface area (Å²) in [6.07, 6.45) is 0.0708. The maximum absolute atomic E-state index is 13.0. The molecule has 2 rings (SSSR count). The summed E-state index contributed by atoms with van der Waals surface area (Å²) in [6.45, 7) is 0. The number of allylic oxidation sites excluding steroid dienone is 1. The summed E-state index contributed by atoms with van der Waals surface area (Å²) in [6, 6.07) is 8.22. The number of carbonyl (C=O) groups is 2. The quantitative estimate of drug-likeness (QED) is 0.604. The first kappa shape index (κ1) is 13.4. The van der Waals surface area contributed by atoms with E-state index in [9.17, 15) is 14.0 Å². The molecular weight excluding hydrogens is 261 g/mol. The fourth-order valence-corrected chi connectivity index (χ4v) is 1.95. The molecule has 6 heteroatoms. The first-order valence-electron chi connectivity index (χ1n) is 5.74. The SMILES string of the molecule is N#CC(C#N)=C(c1ccc(F)cc1)N1C(=O)CCC1=O. The highest BCUT2D eigenvalue weighted by Gasteiger charge is 2.34. The summed E-state index contributed by atoms with van der Waals surface area (Å²) >= 11 is 0. The number of hydrogen-bond donors (Lipinski definition) is 0. The third-order valence-electron chi connectivity index (χ3n) is 2.85. The van der Waals surface area contributed by atoms with Crippen molar-refractivity contribution in [3.63, 3.8) is 0 Å². The summed E-state index contributed by atoms with van der Waals surface area (Å²) < 4.78 is 13.0. The Kier molecular flexibility index (Phi) is 3.58. The molecule has 0 aliphatic carbocycles. The van der Waals surface area contributed by atoms with E-state index < -0.39 is 17.6 Å². The summed E-state index contributed by atoms with van der Waals surface area (Å²) in [5.74, 6) is -1.45. The topological polar surface area (TPSA) is 85.0 Å². The number of carbonyl (C=O) groups excluding carboxylic acids is 2. The number of nitriles is 2. The van der Waals surface area contributed by atoms with Crippen molar-refractivity contribution < 1.29 is 14.0 Å². The van der Waals surface area contributed by atoms with Crippen LogP contribution in [0.25, 0.3) is 5.70 Å². The van der Waals surface area contributed by atoms with Crippen molar-refractivity contribution in [3.8, 4) is 12.1 Å². The number of benzene rings is 1. The van der Waals surface area contributed by atoms with Gasteiger partial charge in [0.15, 0.2) is 5.57 Å². The van der Waals surface area contributed by atoms with Crippen LogP contribution in [0.1, 0.15) is 18.4 Å². The third kappa shape index (κ3) is 2.27. The zero-order valence-corrected chi connectivity index (χ0v) is 10.3. The van der Waals surface area contributed by atoms with Gasteiger partial charge in [0.05, 0.1) is 5.70 Å². The maximum atomic E-state index is 13.0. The molecule has 0 spiro atoms. The van der Waals surface area contributed by atoms with E-state index in [1.54, 1.807) is 12.1 Å². The molecule has 5 nitrogen and oxygen atoms in total. The molecule has 0 N–H and O–H groups in total. The molecule has 20 heavy (non-hydrogen) atoms. The third-order valence-corrected chi connectivity index (χ3v) is 2.85. The van der Waals surface area contributed by atoms with E-state index >= 15 is 0 Å². The van der Waals surface area contributed by atoms with Crippen LogP contribution in [0.4, 0.5) is 4.39 Å². The Morgan fingerprint density at radius 3 is 2.00 bits per heavy atom. The second kappa shape index (κ2) is 5.33. The van der Waals surface area contributed by atoms with Crippen molar-refractivity contribution in [2.75, 3.05) is 0 Å². The molecule has 0 bridgehead atoms. The minimum Gasteiger partial charge on any atom is -0.274 e. The lowest BCUT2D eigenvalue weighted by atomic mass is 10.1. The highest BCUT2D eigenvalue weighted by Crippen LogP contribution is 2.28. The van der Waals surface area contributed by atoms with Crippen LogP contribution in [0.2, 0.25) is 0 Å². The standard InChI is InChI=1S/C14H8FN3O2/c15-11-3-1-9(2-4-11)14(10(7-16)8-17)18-12(19)5-6-13(18)20/h1-4H,5-6H2. The van der Waals surface area contributed by atoms with Gasteiger partial charge in [-0.1, -0.05) is 0 Å². The lowest BCUT2D eigenvalue weighted by Gasteiger charge is -2.18. The second-order valence-corrected chi connectivity index (χ2v) is 4.08. The Bertz CT molecular complexity index is 661. The number of imide groups is 1. The van der Waals surface area contributed by atoms with Crippen molar-refractivity contribution in [3.05, 3.63) is 41.2 Å². The van der Waals surface area contributed by atoms with E-state index in [2.05, 4.69) is 0 Å². The van der Waals surface area contributed by atoms with Gasteiger partial charge in [0.2, 0.25) is 11.8 Å². The molecule has 1 aromatic rings. The van der Waals surface area contributed by atoms with Gasteiger partial charge in [0.1, 0.15) is 18.0 Å². The number of amides is 2. The van der Waals surface area contributed by atoms with Crippen LogP contribution >= 0.6 is 0 Å². The Labute approximate surface area is 114 Å². The first-order valence-corrected chi connectivity index (χ1v) is 5.74. The number of nitrogens with zero attached hydrogens (tertiary/aromatic N) is 3. The van der Waals surface area contributed by atoms with Crippen molar-refractivity contribution >= 4 is 17.5 Å². The van der Waals surface area contributed by atoms with Crippen LogP contribution in [0.3, 0.4) is 0 Å². The van der Waals surface area contributed by atoms with E-state index in [4.69, 9.17) is 10.5 Å². The molecule has 1 aliphatic rings. The molecule has 1 aromatic carbocycles. The van der Waals surface area contributed by atoms with Crippen LogP contribution in [-0.2, 0) is 9.59 Å². The smallest absolute Gasteiger partial charge is 0.234 e. The molecule has 0 radical (unpaired) electrons. The van der Waals surface area contributed by atoms with E-state index in [1.165, 1.54) is 12.1 Å². The summed E-state index contributed by atoms with van der Waals surface area (Å²) in [4.78, 5) is 24.4. The molecule has 1 saturated heterocycles. The van der Waals surface area contributed by atoms with E-state index in [0.717, 1.165) is 17.0 Å². The average Bonchev–Trinajstić information content (AvgIpc) is 2.77. The molecule has 98 valence electrons. The molecule has 0 unspecified atom stereocenters. The Morgan fingerprint density at radius 1 is 1.05 bits per heavy atom. The van der Waals surface area contributed by atoms with Crippen LogP contribution in [-0.4, -0.2) is 16.7 Å². The van der Waals surface area contributed by atoms with E-state index in [1.807, 2.05) is 0 Å². The Hall–Kier alpha value is -2.99. The number of likely N-dealkylation sites (tertiary alicyclic amines) is 1. The molecule has 2 amide bonds.